The van der Waals surface area contributed by atoms with Gasteiger partial charge in [-0.3, -0.25) is 4.79 Å². The van der Waals surface area contributed by atoms with E-state index in [-0.39, 0.29) is 5.75 Å². The number of hydrogen-bond donors (Lipinski definition) is 1. The molecule has 1 amide bonds. The standard InChI is InChI=1S/C17H17N3O3S/c1-13-5-4-6-14(9-13)19-17(21)12-24(22,23)11-15-10-20-8-3-2-7-16(20)18-15/h2-10H,11-12H2,1H3,(H,19,21). The fraction of sp³-hybridized carbons (Fsp3) is 0.176. The van der Waals surface area contributed by atoms with Gasteiger partial charge in [-0.1, -0.05) is 18.2 Å². The van der Waals surface area contributed by atoms with E-state index in [1.54, 1.807) is 41.1 Å². The van der Waals surface area contributed by atoms with Crippen LogP contribution in [0.25, 0.3) is 5.65 Å². The minimum atomic E-state index is -3.60. The lowest BCUT2D eigenvalue weighted by atomic mass is 10.2. The average molecular weight is 343 g/mol. The number of sulfone groups is 1. The minimum Gasteiger partial charge on any atom is -0.325 e. The fourth-order valence-corrected chi connectivity index (χ4v) is 3.62. The zero-order valence-corrected chi connectivity index (χ0v) is 14.0. The highest BCUT2D eigenvalue weighted by atomic mass is 32.2. The predicted octanol–water partition coefficient (Wildman–Crippen LogP) is 2.20. The lowest BCUT2D eigenvalue weighted by Gasteiger charge is -2.06. The molecule has 24 heavy (non-hydrogen) atoms. The SMILES string of the molecule is Cc1cccc(NC(=O)CS(=O)(=O)Cc2cn3ccccc3n2)c1. The molecule has 3 aromatic rings. The number of nitrogens with one attached hydrogen (secondary N) is 1. The summed E-state index contributed by atoms with van der Waals surface area (Å²) in [6, 6.07) is 12.7. The number of hydrogen-bond acceptors (Lipinski definition) is 4. The summed E-state index contributed by atoms with van der Waals surface area (Å²) in [5, 5.41) is 2.61. The van der Waals surface area contributed by atoms with E-state index in [4.69, 9.17) is 0 Å². The van der Waals surface area contributed by atoms with Gasteiger partial charge in [-0.25, -0.2) is 13.4 Å². The summed E-state index contributed by atoms with van der Waals surface area (Å²) in [5.74, 6) is -1.39. The van der Waals surface area contributed by atoms with Crippen LogP contribution in [0.4, 0.5) is 5.69 Å². The van der Waals surface area contributed by atoms with Crippen LogP contribution in [-0.4, -0.2) is 29.5 Å². The number of amides is 1. The van der Waals surface area contributed by atoms with Crippen molar-refractivity contribution >= 4 is 27.1 Å². The number of pyridine rings is 1. The molecule has 6 nitrogen and oxygen atoms in total. The second-order valence-electron chi connectivity index (χ2n) is 5.65. The number of carbonyl (C=O) groups is 1. The van der Waals surface area contributed by atoms with E-state index in [2.05, 4.69) is 10.3 Å². The molecule has 0 atom stereocenters. The van der Waals surface area contributed by atoms with Gasteiger partial charge in [0, 0.05) is 18.1 Å². The molecule has 124 valence electrons. The van der Waals surface area contributed by atoms with Gasteiger partial charge in [-0.05, 0) is 36.8 Å². The molecule has 3 rings (SSSR count). The van der Waals surface area contributed by atoms with Gasteiger partial charge in [0.2, 0.25) is 5.91 Å². The van der Waals surface area contributed by atoms with Gasteiger partial charge in [-0.15, -0.1) is 0 Å². The maximum atomic E-state index is 12.2. The number of nitrogens with zero attached hydrogens (tertiary/aromatic N) is 2. The highest BCUT2D eigenvalue weighted by Gasteiger charge is 2.19. The van der Waals surface area contributed by atoms with Crippen LogP contribution in [0.5, 0.6) is 0 Å². The highest BCUT2D eigenvalue weighted by molar-refractivity contribution is 7.91. The summed E-state index contributed by atoms with van der Waals surface area (Å²) in [4.78, 5) is 16.2. The van der Waals surface area contributed by atoms with Crippen LogP contribution in [0.1, 0.15) is 11.3 Å². The number of aromatic nitrogens is 2. The molecule has 7 heteroatoms. The van der Waals surface area contributed by atoms with Gasteiger partial charge in [-0.2, -0.15) is 0 Å². The molecular weight excluding hydrogens is 326 g/mol. The maximum Gasteiger partial charge on any atom is 0.239 e. The summed E-state index contributed by atoms with van der Waals surface area (Å²) in [6.07, 6.45) is 3.45. The molecule has 0 unspecified atom stereocenters. The lowest BCUT2D eigenvalue weighted by molar-refractivity contribution is -0.113. The molecule has 0 aliphatic carbocycles. The number of rotatable bonds is 5. The van der Waals surface area contributed by atoms with Gasteiger partial charge in [0.25, 0.3) is 0 Å². The summed E-state index contributed by atoms with van der Waals surface area (Å²) in [5.41, 5.74) is 2.67. The lowest BCUT2D eigenvalue weighted by Crippen LogP contribution is -2.24. The van der Waals surface area contributed by atoms with E-state index >= 15 is 0 Å². The van der Waals surface area contributed by atoms with Gasteiger partial charge in [0.1, 0.15) is 11.4 Å². The normalized spacial score (nSPS) is 11.5. The van der Waals surface area contributed by atoms with E-state index < -0.39 is 21.5 Å². The number of anilines is 1. The molecule has 0 fully saturated rings. The van der Waals surface area contributed by atoms with Crippen molar-refractivity contribution in [2.24, 2.45) is 0 Å². The Labute approximate surface area is 140 Å². The van der Waals surface area contributed by atoms with Crippen LogP contribution >= 0.6 is 0 Å². The fourth-order valence-electron chi connectivity index (χ4n) is 2.45. The topological polar surface area (TPSA) is 80.5 Å². The first-order valence-corrected chi connectivity index (χ1v) is 9.23. The Bertz CT molecular complexity index is 960. The number of carbonyl (C=O) groups excluding carboxylic acids is 1. The van der Waals surface area contributed by atoms with Gasteiger partial charge < -0.3 is 9.72 Å². The Hall–Kier alpha value is -2.67. The summed E-state index contributed by atoms with van der Waals surface area (Å²) in [7, 11) is -3.60. The molecule has 0 bridgehead atoms. The van der Waals surface area contributed by atoms with Crippen molar-refractivity contribution in [3.05, 3.63) is 66.1 Å². The third-order valence-electron chi connectivity index (χ3n) is 3.43. The molecular formula is C17H17N3O3S. The second-order valence-corrected chi connectivity index (χ2v) is 7.71. The summed E-state index contributed by atoms with van der Waals surface area (Å²) in [6.45, 7) is 1.90. The molecule has 0 aliphatic rings. The molecule has 0 saturated heterocycles. The van der Waals surface area contributed by atoms with E-state index in [1.165, 1.54) is 0 Å². The maximum absolute atomic E-state index is 12.2. The van der Waals surface area contributed by atoms with Crippen LogP contribution in [0.2, 0.25) is 0 Å². The quantitative estimate of drug-likeness (QED) is 0.770. The first-order chi connectivity index (χ1) is 11.4. The first-order valence-electron chi connectivity index (χ1n) is 7.41. The van der Waals surface area contributed by atoms with Crippen molar-refractivity contribution in [3.63, 3.8) is 0 Å². The number of aryl methyl sites for hydroxylation is 1. The molecule has 0 spiro atoms. The predicted molar refractivity (Wildman–Crippen MR) is 92.5 cm³/mol. The third-order valence-corrected chi connectivity index (χ3v) is 4.87. The number of benzene rings is 1. The van der Waals surface area contributed by atoms with Gasteiger partial charge >= 0.3 is 0 Å². The average Bonchev–Trinajstić information content (AvgIpc) is 2.87. The molecule has 2 aromatic heterocycles. The minimum absolute atomic E-state index is 0.268. The highest BCUT2D eigenvalue weighted by Crippen LogP contribution is 2.11. The smallest absolute Gasteiger partial charge is 0.239 e. The molecule has 0 saturated carbocycles. The van der Waals surface area contributed by atoms with Crippen molar-refractivity contribution in [2.45, 2.75) is 12.7 Å². The van der Waals surface area contributed by atoms with Crippen molar-refractivity contribution in [2.75, 3.05) is 11.1 Å². The monoisotopic (exact) mass is 343 g/mol. The first kappa shape index (κ1) is 16.2. The number of imidazole rings is 1. The molecule has 0 radical (unpaired) electrons. The van der Waals surface area contributed by atoms with Gasteiger partial charge in [0.15, 0.2) is 9.84 Å². The van der Waals surface area contributed by atoms with Crippen LogP contribution < -0.4 is 5.32 Å². The van der Waals surface area contributed by atoms with E-state index in [1.807, 2.05) is 25.1 Å². The Morgan fingerprint density at radius 1 is 1.21 bits per heavy atom. The van der Waals surface area contributed by atoms with Crippen LogP contribution in [-0.2, 0) is 20.4 Å². The van der Waals surface area contributed by atoms with Crippen LogP contribution in [0, 0.1) is 6.92 Å². The van der Waals surface area contributed by atoms with Crippen LogP contribution in [0.3, 0.4) is 0 Å². The Balaban J connectivity index is 1.67. The zero-order valence-electron chi connectivity index (χ0n) is 13.1. The van der Waals surface area contributed by atoms with E-state index in [0.717, 1.165) is 5.56 Å². The summed E-state index contributed by atoms with van der Waals surface area (Å²) < 4.78 is 26.2. The second kappa shape index (κ2) is 6.45. The van der Waals surface area contributed by atoms with Crippen LogP contribution in [0.15, 0.2) is 54.9 Å². The Morgan fingerprint density at radius 2 is 2.04 bits per heavy atom. The van der Waals surface area contributed by atoms with E-state index in [9.17, 15) is 13.2 Å². The van der Waals surface area contributed by atoms with Crippen molar-refractivity contribution < 1.29 is 13.2 Å². The third kappa shape index (κ3) is 3.99. The van der Waals surface area contributed by atoms with Crippen molar-refractivity contribution in [1.29, 1.82) is 0 Å². The molecule has 2 heterocycles. The Kier molecular flexibility index (Phi) is 4.35. The zero-order chi connectivity index (χ0) is 17.2. The molecule has 1 aromatic carbocycles. The largest absolute Gasteiger partial charge is 0.325 e. The van der Waals surface area contributed by atoms with Crippen molar-refractivity contribution in [1.82, 2.24) is 9.38 Å². The molecule has 1 N–H and O–H groups in total. The molecule has 0 aliphatic heterocycles. The van der Waals surface area contributed by atoms with E-state index in [0.29, 0.717) is 17.0 Å². The van der Waals surface area contributed by atoms with Gasteiger partial charge in [0.05, 0.1) is 11.4 Å². The van der Waals surface area contributed by atoms with Crippen molar-refractivity contribution in [3.8, 4) is 0 Å². The Morgan fingerprint density at radius 3 is 2.79 bits per heavy atom. The number of fused-ring (bicyclic) bond motifs is 1. The summed E-state index contributed by atoms with van der Waals surface area (Å²) >= 11 is 0.